The summed E-state index contributed by atoms with van der Waals surface area (Å²) in [5, 5.41) is 13.3. The number of aromatic nitrogens is 2. The van der Waals surface area contributed by atoms with Crippen molar-refractivity contribution in [3.63, 3.8) is 0 Å². The minimum atomic E-state index is -0.806. The van der Waals surface area contributed by atoms with Gasteiger partial charge in [0.15, 0.2) is 0 Å². The van der Waals surface area contributed by atoms with Crippen LogP contribution in [0.25, 0.3) is 0 Å². The summed E-state index contributed by atoms with van der Waals surface area (Å²) in [6, 6.07) is 0. The normalized spacial score (nSPS) is 12.8. The maximum absolute atomic E-state index is 10.7. The summed E-state index contributed by atoms with van der Waals surface area (Å²) in [5.41, 5.74) is 1.75. The van der Waals surface area contributed by atoms with Gasteiger partial charge in [-0.2, -0.15) is 5.10 Å². The van der Waals surface area contributed by atoms with Gasteiger partial charge in [0.05, 0.1) is 21.7 Å². The van der Waals surface area contributed by atoms with E-state index in [1.54, 1.807) is 11.6 Å². The minimum Gasteiger partial charge on any atom is -0.480 e. The van der Waals surface area contributed by atoms with Crippen LogP contribution in [-0.2, 0) is 24.0 Å². The lowest BCUT2D eigenvalue weighted by molar-refractivity contribution is -0.136. The van der Waals surface area contributed by atoms with Crippen molar-refractivity contribution in [3.8, 4) is 0 Å². The molecule has 1 aromatic rings. The quantitative estimate of drug-likeness (QED) is 0.885. The van der Waals surface area contributed by atoms with Crippen molar-refractivity contribution < 1.29 is 9.90 Å². The average molecular weight is 263 g/mol. The van der Waals surface area contributed by atoms with Crippen LogP contribution in [0.5, 0.6) is 0 Å². The van der Waals surface area contributed by atoms with E-state index in [2.05, 4.69) is 5.10 Å². The van der Waals surface area contributed by atoms with Crippen molar-refractivity contribution in [3.05, 3.63) is 16.4 Å². The van der Waals surface area contributed by atoms with Crippen LogP contribution in [0.15, 0.2) is 0 Å². The van der Waals surface area contributed by atoms with E-state index in [9.17, 15) is 4.79 Å². The second kappa shape index (κ2) is 5.59. The van der Waals surface area contributed by atoms with Gasteiger partial charge in [0, 0.05) is 12.8 Å². The highest BCUT2D eigenvalue weighted by molar-refractivity contribution is 7.99. The van der Waals surface area contributed by atoms with Crippen LogP contribution in [0.3, 0.4) is 0 Å². The molecule has 1 unspecified atom stereocenters. The van der Waals surface area contributed by atoms with Gasteiger partial charge < -0.3 is 5.11 Å². The van der Waals surface area contributed by atoms with Crippen molar-refractivity contribution in [1.29, 1.82) is 0 Å². The van der Waals surface area contributed by atoms with Crippen LogP contribution >= 0.6 is 23.4 Å². The molecule has 90 valence electrons. The summed E-state index contributed by atoms with van der Waals surface area (Å²) in [6.45, 7) is 3.66. The van der Waals surface area contributed by atoms with Crippen LogP contribution < -0.4 is 0 Å². The summed E-state index contributed by atoms with van der Waals surface area (Å²) >= 11 is 7.49. The summed E-state index contributed by atoms with van der Waals surface area (Å²) in [6.07, 6.45) is 0.784. The number of aliphatic carboxylic acids is 1. The van der Waals surface area contributed by atoms with Crippen LogP contribution in [0, 0.1) is 0 Å². The number of aryl methyl sites for hydroxylation is 2. The Morgan fingerprint density at radius 3 is 2.75 bits per heavy atom. The fourth-order valence-corrected chi connectivity index (χ4v) is 2.57. The Hall–Kier alpha value is -0.680. The zero-order valence-corrected chi connectivity index (χ0v) is 11.1. The molecule has 0 saturated carbocycles. The van der Waals surface area contributed by atoms with E-state index in [-0.39, 0.29) is 0 Å². The zero-order chi connectivity index (χ0) is 12.3. The molecule has 1 rings (SSSR count). The molecule has 0 amide bonds. The molecule has 0 fully saturated rings. The first-order valence-electron chi connectivity index (χ1n) is 5.02. The Bertz CT molecular complexity index is 392. The molecule has 1 heterocycles. The molecule has 0 aliphatic heterocycles. The predicted molar refractivity (Wildman–Crippen MR) is 66.0 cm³/mol. The molecular formula is C10H15ClN2O2S. The molecule has 6 heteroatoms. The fraction of sp³-hybridized carbons (Fsp3) is 0.600. The monoisotopic (exact) mass is 262 g/mol. The maximum Gasteiger partial charge on any atom is 0.316 e. The molecule has 0 aliphatic carbocycles. The largest absolute Gasteiger partial charge is 0.480 e. The van der Waals surface area contributed by atoms with Gasteiger partial charge >= 0.3 is 5.97 Å². The lowest BCUT2D eigenvalue weighted by Gasteiger charge is -2.06. The van der Waals surface area contributed by atoms with Gasteiger partial charge in [-0.3, -0.25) is 9.48 Å². The number of thioether (sulfide) groups is 1. The summed E-state index contributed by atoms with van der Waals surface area (Å²) in [4.78, 5) is 10.7. The Morgan fingerprint density at radius 2 is 2.31 bits per heavy atom. The smallest absolute Gasteiger partial charge is 0.316 e. The molecule has 1 atom stereocenters. The van der Waals surface area contributed by atoms with Gasteiger partial charge in [0.1, 0.15) is 0 Å². The molecular weight excluding hydrogens is 248 g/mol. The van der Waals surface area contributed by atoms with Crippen molar-refractivity contribution in [2.45, 2.75) is 31.3 Å². The van der Waals surface area contributed by atoms with Gasteiger partial charge in [-0.15, -0.1) is 11.8 Å². The number of hydrogen-bond donors (Lipinski definition) is 1. The highest BCUT2D eigenvalue weighted by Crippen LogP contribution is 2.26. The first-order chi connectivity index (χ1) is 7.47. The Kier molecular flexibility index (Phi) is 4.68. The number of rotatable bonds is 5. The lowest BCUT2D eigenvalue weighted by Crippen LogP contribution is -2.12. The van der Waals surface area contributed by atoms with E-state index in [1.165, 1.54) is 11.8 Å². The maximum atomic E-state index is 10.7. The molecule has 16 heavy (non-hydrogen) atoms. The molecule has 4 nitrogen and oxygen atoms in total. The first-order valence-corrected chi connectivity index (χ1v) is 6.44. The number of halogens is 1. The Balaban J connectivity index is 2.74. The minimum absolute atomic E-state index is 0.434. The SMILES string of the molecule is CCc1nn(C)c(CSC(C)C(=O)O)c1Cl. The van der Waals surface area contributed by atoms with Crippen LogP contribution in [0.4, 0.5) is 0 Å². The molecule has 1 N–H and O–H groups in total. The van der Waals surface area contributed by atoms with Gasteiger partial charge in [-0.1, -0.05) is 18.5 Å². The lowest BCUT2D eigenvalue weighted by atomic mass is 10.3. The van der Waals surface area contributed by atoms with E-state index in [0.29, 0.717) is 10.8 Å². The highest BCUT2D eigenvalue weighted by atomic mass is 35.5. The summed E-state index contributed by atoms with van der Waals surface area (Å²) in [5.74, 6) is -0.241. The molecule has 0 radical (unpaired) electrons. The molecule has 0 spiro atoms. The topological polar surface area (TPSA) is 55.1 Å². The first kappa shape index (κ1) is 13.4. The third-order valence-electron chi connectivity index (χ3n) is 2.32. The number of carboxylic acids is 1. The standard InChI is InChI=1S/C10H15ClN2O2S/c1-4-7-9(11)8(13(3)12-7)5-16-6(2)10(14)15/h6H,4-5H2,1-3H3,(H,14,15). The van der Waals surface area contributed by atoms with E-state index in [4.69, 9.17) is 16.7 Å². The van der Waals surface area contributed by atoms with E-state index < -0.39 is 11.2 Å². The van der Waals surface area contributed by atoms with Gasteiger partial charge in [-0.25, -0.2) is 0 Å². The third-order valence-corrected chi connectivity index (χ3v) is 3.90. The second-order valence-electron chi connectivity index (χ2n) is 3.48. The average Bonchev–Trinajstić information content (AvgIpc) is 2.51. The third kappa shape index (κ3) is 2.92. The molecule has 0 aromatic carbocycles. The zero-order valence-electron chi connectivity index (χ0n) is 9.53. The van der Waals surface area contributed by atoms with Gasteiger partial charge in [0.25, 0.3) is 0 Å². The number of hydrogen-bond acceptors (Lipinski definition) is 3. The summed E-state index contributed by atoms with van der Waals surface area (Å²) < 4.78 is 1.72. The van der Waals surface area contributed by atoms with Crippen molar-refractivity contribution in [2.75, 3.05) is 0 Å². The van der Waals surface area contributed by atoms with Crippen LogP contribution in [-0.4, -0.2) is 26.1 Å². The summed E-state index contributed by atoms with van der Waals surface area (Å²) in [7, 11) is 1.83. The van der Waals surface area contributed by atoms with E-state index in [1.807, 2.05) is 14.0 Å². The second-order valence-corrected chi connectivity index (χ2v) is 5.18. The van der Waals surface area contributed by atoms with Gasteiger partial charge in [-0.05, 0) is 13.3 Å². The Labute approximate surface area is 104 Å². The number of nitrogens with zero attached hydrogens (tertiary/aromatic N) is 2. The van der Waals surface area contributed by atoms with Gasteiger partial charge in [0.2, 0.25) is 0 Å². The van der Waals surface area contributed by atoms with Crippen LogP contribution in [0.2, 0.25) is 5.02 Å². The van der Waals surface area contributed by atoms with E-state index >= 15 is 0 Å². The number of carboxylic acid groups (broad SMARTS) is 1. The Morgan fingerprint density at radius 1 is 1.69 bits per heavy atom. The molecule has 0 saturated heterocycles. The van der Waals surface area contributed by atoms with Crippen LogP contribution in [0.1, 0.15) is 25.2 Å². The number of carbonyl (C=O) groups is 1. The highest BCUT2D eigenvalue weighted by Gasteiger charge is 2.16. The fourth-order valence-electron chi connectivity index (χ4n) is 1.25. The van der Waals surface area contributed by atoms with Crippen molar-refractivity contribution in [2.24, 2.45) is 7.05 Å². The molecule has 1 aromatic heterocycles. The molecule has 0 bridgehead atoms. The van der Waals surface area contributed by atoms with Crippen molar-refractivity contribution in [1.82, 2.24) is 9.78 Å². The van der Waals surface area contributed by atoms with E-state index in [0.717, 1.165) is 17.8 Å². The van der Waals surface area contributed by atoms with Crippen molar-refractivity contribution >= 4 is 29.3 Å². The molecule has 0 aliphatic rings. The predicted octanol–water partition coefficient (Wildman–Crippen LogP) is 2.34.